The SMILES string of the molecule is Cn1c(=O)[nH]c(=O)c2c1nc(SCCc1ccccc1)n2Cc1ccccc1Cl. The average molecular weight is 427 g/mol. The zero-order valence-corrected chi connectivity index (χ0v) is 17.3. The highest BCUT2D eigenvalue weighted by atomic mass is 35.5. The topological polar surface area (TPSA) is 72.7 Å². The number of fused-ring (bicyclic) bond motifs is 1. The molecule has 8 heteroatoms. The van der Waals surface area contributed by atoms with Gasteiger partial charge in [-0.3, -0.25) is 14.3 Å². The lowest BCUT2D eigenvalue weighted by Crippen LogP contribution is -2.29. The molecule has 0 amide bonds. The molecule has 148 valence electrons. The van der Waals surface area contributed by atoms with Gasteiger partial charge in [0, 0.05) is 17.8 Å². The predicted octanol–water partition coefficient (Wildman–Crippen LogP) is 3.46. The van der Waals surface area contributed by atoms with E-state index in [1.165, 1.54) is 10.1 Å². The van der Waals surface area contributed by atoms with Gasteiger partial charge in [-0.2, -0.15) is 0 Å². The van der Waals surface area contributed by atoms with Gasteiger partial charge in [0.25, 0.3) is 5.56 Å². The predicted molar refractivity (Wildman–Crippen MR) is 117 cm³/mol. The molecule has 0 saturated heterocycles. The number of hydrogen-bond donors (Lipinski definition) is 1. The summed E-state index contributed by atoms with van der Waals surface area (Å²) in [6.45, 7) is 0.394. The summed E-state index contributed by atoms with van der Waals surface area (Å²) in [7, 11) is 1.60. The Labute approximate surface area is 176 Å². The molecule has 0 aliphatic carbocycles. The Bertz CT molecular complexity index is 1280. The summed E-state index contributed by atoms with van der Waals surface area (Å²) in [4.78, 5) is 31.6. The smallest absolute Gasteiger partial charge is 0.309 e. The Kier molecular flexibility index (Phi) is 5.60. The molecule has 0 spiro atoms. The van der Waals surface area contributed by atoms with E-state index in [1.54, 1.807) is 18.8 Å². The first-order chi connectivity index (χ1) is 14.0. The van der Waals surface area contributed by atoms with Crippen molar-refractivity contribution in [2.45, 2.75) is 18.1 Å². The molecule has 0 unspecified atom stereocenters. The van der Waals surface area contributed by atoms with Crippen molar-refractivity contribution in [1.29, 1.82) is 0 Å². The molecule has 4 aromatic rings. The molecule has 0 atom stereocenters. The molecule has 6 nitrogen and oxygen atoms in total. The highest BCUT2D eigenvalue weighted by molar-refractivity contribution is 7.99. The largest absolute Gasteiger partial charge is 0.329 e. The fourth-order valence-electron chi connectivity index (χ4n) is 3.17. The number of aryl methyl sites for hydroxylation is 2. The Morgan fingerprint density at radius 3 is 2.55 bits per heavy atom. The molecular formula is C21H19ClN4O2S. The standard InChI is InChI=1S/C21H19ClN4O2S/c1-25-18-17(19(27)24-20(25)28)26(13-15-9-5-6-10-16(15)22)21(23-18)29-12-11-14-7-3-2-4-8-14/h2-10H,11-13H2,1H3,(H,24,27,28). The van der Waals surface area contributed by atoms with Crippen molar-refractivity contribution < 1.29 is 0 Å². The van der Waals surface area contributed by atoms with Crippen LogP contribution in [0.2, 0.25) is 5.02 Å². The van der Waals surface area contributed by atoms with Gasteiger partial charge in [0.1, 0.15) is 0 Å². The zero-order chi connectivity index (χ0) is 20.4. The normalized spacial score (nSPS) is 11.2. The zero-order valence-electron chi connectivity index (χ0n) is 15.8. The number of imidazole rings is 1. The van der Waals surface area contributed by atoms with Crippen LogP contribution in [-0.4, -0.2) is 24.9 Å². The van der Waals surface area contributed by atoms with Crippen LogP contribution in [0.1, 0.15) is 11.1 Å². The van der Waals surface area contributed by atoms with E-state index >= 15 is 0 Å². The summed E-state index contributed by atoms with van der Waals surface area (Å²) in [5, 5.41) is 1.30. The van der Waals surface area contributed by atoms with Crippen molar-refractivity contribution in [2.75, 3.05) is 5.75 Å². The third-order valence-electron chi connectivity index (χ3n) is 4.72. The molecule has 4 rings (SSSR count). The number of aromatic amines is 1. The number of H-pyrrole nitrogens is 1. The van der Waals surface area contributed by atoms with E-state index in [0.717, 1.165) is 17.7 Å². The quantitative estimate of drug-likeness (QED) is 0.479. The Morgan fingerprint density at radius 1 is 1.07 bits per heavy atom. The van der Waals surface area contributed by atoms with Crippen LogP contribution in [0.4, 0.5) is 0 Å². The Hall–Kier alpha value is -2.77. The Morgan fingerprint density at radius 2 is 1.79 bits per heavy atom. The van der Waals surface area contributed by atoms with Crippen LogP contribution >= 0.6 is 23.4 Å². The maximum Gasteiger partial charge on any atom is 0.329 e. The van der Waals surface area contributed by atoms with Crippen LogP contribution in [-0.2, 0) is 20.0 Å². The van der Waals surface area contributed by atoms with Crippen LogP contribution in [0.25, 0.3) is 11.2 Å². The van der Waals surface area contributed by atoms with Crippen LogP contribution in [0.5, 0.6) is 0 Å². The van der Waals surface area contributed by atoms with E-state index in [1.807, 2.05) is 47.0 Å². The van der Waals surface area contributed by atoms with Gasteiger partial charge in [-0.1, -0.05) is 71.9 Å². The van der Waals surface area contributed by atoms with E-state index < -0.39 is 11.2 Å². The summed E-state index contributed by atoms with van der Waals surface area (Å²) in [5.74, 6) is 0.793. The minimum absolute atomic E-state index is 0.369. The summed E-state index contributed by atoms with van der Waals surface area (Å²) in [6, 6.07) is 17.7. The molecule has 0 bridgehead atoms. The highest BCUT2D eigenvalue weighted by Gasteiger charge is 2.18. The second kappa shape index (κ2) is 8.31. The van der Waals surface area contributed by atoms with Gasteiger partial charge >= 0.3 is 5.69 Å². The van der Waals surface area contributed by atoms with E-state index in [4.69, 9.17) is 11.6 Å². The molecule has 2 heterocycles. The summed E-state index contributed by atoms with van der Waals surface area (Å²) in [6.07, 6.45) is 0.871. The number of rotatable bonds is 6. The second-order valence-corrected chi connectivity index (χ2v) is 8.12. The molecule has 1 N–H and O–H groups in total. The first-order valence-corrected chi connectivity index (χ1v) is 10.5. The van der Waals surface area contributed by atoms with Crippen LogP contribution < -0.4 is 11.2 Å². The Balaban J connectivity index is 1.74. The molecule has 29 heavy (non-hydrogen) atoms. The summed E-state index contributed by atoms with van der Waals surface area (Å²) < 4.78 is 3.20. The minimum Gasteiger partial charge on any atom is -0.309 e. The fourth-order valence-corrected chi connectivity index (χ4v) is 4.35. The van der Waals surface area contributed by atoms with Gasteiger partial charge in [0.05, 0.1) is 6.54 Å². The van der Waals surface area contributed by atoms with Gasteiger partial charge < -0.3 is 4.57 Å². The molecule has 2 aromatic carbocycles. The lowest BCUT2D eigenvalue weighted by Gasteiger charge is -2.10. The minimum atomic E-state index is -0.481. The van der Waals surface area contributed by atoms with Gasteiger partial charge in [-0.15, -0.1) is 0 Å². The van der Waals surface area contributed by atoms with E-state index in [9.17, 15) is 9.59 Å². The van der Waals surface area contributed by atoms with E-state index in [0.29, 0.717) is 27.9 Å². The van der Waals surface area contributed by atoms with Gasteiger partial charge in [-0.25, -0.2) is 9.78 Å². The van der Waals surface area contributed by atoms with Gasteiger partial charge in [0.15, 0.2) is 16.3 Å². The molecule has 0 fully saturated rings. The first kappa shape index (κ1) is 19.5. The van der Waals surface area contributed by atoms with Gasteiger partial charge in [-0.05, 0) is 23.6 Å². The second-order valence-electron chi connectivity index (χ2n) is 6.65. The highest BCUT2D eigenvalue weighted by Crippen LogP contribution is 2.25. The van der Waals surface area contributed by atoms with Crippen LogP contribution in [0.15, 0.2) is 69.3 Å². The van der Waals surface area contributed by atoms with Crippen molar-refractivity contribution in [3.8, 4) is 0 Å². The lowest BCUT2D eigenvalue weighted by molar-refractivity contribution is 0.728. The molecule has 0 radical (unpaired) electrons. The van der Waals surface area contributed by atoms with Crippen molar-refractivity contribution in [2.24, 2.45) is 7.05 Å². The first-order valence-electron chi connectivity index (χ1n) is 9.14. The number of thioether (sulfide) groups is 1. The third-order valence-corrected chi connectivity index (χ3v) is 6.07. The van der Waals surface area contributed by atoms with Crippen LogP contribution in [0, 0.1) is 0 Å². The van der Waals surface area contributed by atoms with Crippen molar-refractivity contribution in [3.63, 3.8) is 0 Å². The maximum atomic E-state index is 12.6. The molecular weight excluding hydrogens is 408 g/mol. The summed E-state index contributed by atoms with van der Waals surface area (Å²) >= 11 is 7.90. The van der Waals surface area contributed by atoms with Crippen molar-refractivity contribution in [1.82, 2.24) is 19.1 Å². The number of aromatic nitrogens is 4. The lowest BCUT2D eigenvalue weighted by atomic mass is 10.2. The van der Waals surface area contributed by atoms with Gasteiger partial charge in [0.2, 0.25) is 0 Å². The molecule has 0 aliphatic rings. The van der Waals surface area contributed by atoms with E-state index in [2.05, 4.69) is 22.1 Å². The number of nitrogens with zero attached hydrogens (tertiary/aromatic N) is 3. The maximum absolute atomic E-state index is 12.6. The number of hydrogen-bond acceptors (Lipinski definition) is 4. The van der Waals surface area contributed by atoms with Crippen LogP contribution in [0.3, 0.4) is 0 Å². The van der Waals surface area contributed by atoms with Crippen molar-refractivity contribution in [3.05, 3.63) is 91.6 Å². The number of benzene rings is 2. The monoisotopic (exact) mass is 426 g/mol. The molecule has 0 saturated carbocycles. The number of nitrogens with one attached hydrogen (secondary N) is 1. The van der Waals surface area contributed by atoms with Crippen molar-refractivity contribution >= 4 is 34.5 Å². The number of halogens is 1. The van der Waals surface area contributed by atoms with E-state index in [-0.39, 0.29) is 0 Å². The average Bonchev–Trinajstić information content (AvgIpc) is 3.08. The molecule has 2 aromatic heterocycles. The fraction of sp³-hybridized carbons (Fsp3) is 0.190. The third kappa shape index (κ3) is 4.02. The summed E-state index contributed by atoms with van der Waals surface area (Å²) in [5.41, 5.74) is 1.93. The molecule has 0 aliphatic heterocycles.